The number of nitrogens with zero attached hydrogens (tertiary/aromatic N) is 2. The van der Waals surface area contributed by atoms with Crippen LogP contribution in [0.15, 0.2) is 42.7 Å². The lowest BCUT2D eigenvalue weighted by Gasteiger charge is -2.25. The van der Waals surface area contributed by atoms with Gasteiger partial charge in [-0.05, 0) is 44.2 Å². The lowest BCUT2D eigenvalue weighted by molar-refractivity contribution is 0.0368. The largest absolute Gasteiger partial charge is 0.456 e. The van der Waals surface area contributed by atoms with Gasteiger partial charge in [0, 0.05) is 31.5 Å². The predicted octanol–water partition coefficient (Wildman–Crippen LogP) is 3.37. The van der Waals surface area contributed by atoms with Gasteiger partial charge in [-0.25, -0.2) is 0 Å². The maximum Gasteiger partial charge on any atom is 0.253 e. The molecule has 2 rings (SSSR count). The maximum atomic E-state index is 12.4. The van der Waals surface area contributed by atoms with Gasteiger partial charge in [0.1, 0.15) is 11.5 Å². The van der Waals surface area contributed by atoms with E-state index in [1.807, 2.05) is 0 Å². The maximum absolute atomic E-state index is 12.4. The van der Waals surface area contributed by atoms with Gasteiger partial charge in [-0.1, -0.05) is 11.6 Å². The van der Waals surface area contributed by atoms with Crippen LogP contribution in [0.4, 0.5) is 0 Å². The third-order valence-corrected chi connectivity index (χ3v) is 3.32. The van der Waals surface area contributed by atoms with Crippen LogP contribution in [0.5, 0.6) is 11.5 Å². The van der Waals surface area contributed by atoms with E-state index in [4.69, 9.17) is 16.3 Å². The molecule has 1 aromatic heterocycles. The van der Waals surface area contributed by atoms with Crippen LogP contribution in [-0.2, 0) is 0 Å². The van der Waals surface area contributed by atoms with Gasteiger partial charge in [0.15, 0.2) is 0 Å². The molecule has 0 atom stereocenters. The Kier molecular flexibility index (Phi) is 5.23. The second-order valence-corrected chi connectivity index (χ2v) is 6.31. The molecule has 122 valence electrons. The van der Waals surface area contributed by atoms with Crippen LogP contribution in [0.1, 0.15) is 24.2 Å². The molecule has 1 N–H and O–H groups in total. The van der Waals surface area contributed by atoms with Crippen LogP contribution in [0.2, 0.25) is 5.02 Å². The molecule has 0 aliphatic rings. The first-order valence-electron chi connectivity index (χ1n) is 7.11. The monoisotopic (exact) mass is 334 g/mol. The molecule has 5 nitrogen and oxygen atoms in total. The molecule has 2 aromatic rings. The first-order valence-corrected chi connectivity index (χ1v) is 7.49. The van der Waals surface area contributed by atoms with Crippen molar-refractivity contribution in [2.45, 2.75) is 19.4 Å². The van der Waals surface area contributed by atoms with E-state index in [0.29, 0.717) is 22.1 Å². The molecule has 0 radical (unpaired) electrons. The molecule has 0 fully saturated rings. The second kappa shape index (κ2) is 6.98. The van der Waals surface area contributed by atoms with Gasteiger partial charge in [0.25, 0.3) is 5.91 Å². The van der Waals surface area contributed by atoms with Crippen molar-refractivity contribution in [3.05, 3.63) is 53.3 Å². The van der Waals surface area contributed by atoms with Crippen molar-refractivity contribution < 1.29 is 14.6 Å². The Morgan fingerprint density at radius 3 is 2.52 bits per heavy atom. The highest BCUT2D eigenvalue weighted by Gasteiger charge is 2.21. The fourth-order valence-corrected chi connectivity index (χ4v) is 2.34. The molecule has 0 spiro atoms. The number of pyridine rings is 1. The minimum Gasteiger partial charge on any atom is -0.456 e. The Bertz CT molecular complexity index is 684. The fourth-order valence-electron chi connectivity index (χ4n) is 2.12. The van der Waals surface area contributed by atoms with E-state index in [-0.39, 0.29) is 12.5 Å². The molecule has 1 aromatic carbocycles. The van der Waals surface area contributed by atoms with Crippen LogP contribution in [0.3, 0.4) is 0 Å². The molecule has 0 aliphatic heterocycles. The molecular formula is C17H19ClN2O3. The SMILES string of the molecule is CN(CC(C)(C)O)C(=O)c1ccc(Oc2ccncc2)c(Cl)c1. The summed E-state index contributed by atoms with van der Waals surface area (Å²) in [5.41, 5.74) is -0.526. The summed E-state index contributed by atoms with van der Waals surface area (Å²) in [7, 11) is 1.63. The standard InChI is InChI=1S/C17H19ClN2O3/c1-17(2,22)11-20(3)16(21)12-4-5-15(14(18)10-12)23-13-6-8-19-9-7-13/h4-10,22H,11H2,1-3H3. The van der Waals surface area contributed by atoms with E-state index in [1.165, 1.54) is 4.90 Å². The van der Waals surface area contributed by atoms with Crippen LogP contribution < -0.4 is 4.74 Å². The number of amides is 1. The summed E-state index contributed by atoms with van der Waals surface area (Å²) < 4.78 is 5.65. The zero-order chi connectivity index (χ0) is 17.0. The van der Waals surface area contributed by atoms with E-state index in [9.17, 15) is 9.90 Å². The first kappa shape index (κ1) is 17.2. The van der Waals surface area contributed by atoms with Crippen molar-refractivity contribution in [3.63, 3.8) is 0 Å². The number of benzene rings is 1. The highest BCUT2D eigenvalue weighted by atomic mass is 35.5. The van der Waals surface area contributed by atoms with Crippen LogP contribution in [0, 0.1) is 0 Å². The summed E-state index contributed by atoms with van der Waals surface area (Å²) in [5, 5.41) is 10.1. The Morgan fingerprint density at radius 1 is 1.30 bits per heavy atom. The van der Waals surface area contributed by atoms with Gasteiger partial charge >= 0.3 is 0 Å². The number of carbonyl (C=O) groups is 1. The number of hydrogen-bond donors (Lipinski definition) is 1. The average Bonchev–Trinajstić information content (AvgIpc) is 2.48. The number of likely N-dealkylation sites (N-methyl/N-ethyl adjacent to an activating group) is 1. The number of halogens is 1. The van der Waals surface area contributed by atoms with E-state index < -0.39 is 5.60 Å². The lowest BCUT2D eigenvalue weighted by Crippen LogP contribution is -2.39. The lowest BCUT2D eigenvalue weighted by atomic mass is 10.1. The number of ether oxygens (including phenoxy) is 1. The summed E-state index contributed by atoms with van der Waals surface area (Å²) in [6.45, 7) is 3.52. The molecule has 0 aliphatic carbocycles. The third-order valence-electron chi connectivity index (χ3n) is 3.03. The number of rotatable bonds is 5. The van der Waals surface area contributed by atoms with Gasteiger partial charge in [0.2, 0.25) is 0 Å². The van der Waals surface area contributed by atoms with Crippen molar-refractivity contribution >= 4 is 17.5 Å². The van der Waals surface area contributed by atoms with Crippen molar-refractivity contribution in [1.29, 1.82) is 0 Å². The molecule has 1 amide bonds. The molecule has 0 bridgehead atoms. The molecule has 0 unspecified atom stereocenters. The van der Waals surface area contributed by atoms with E-state index in [0.717, 1.165) is 0 Å². The number of carbonyl (C=O) groups excluding carboxylic acids is 1. The van der Waals surface area contributed by atoms with E-state index in [1.54, 1.807) is 63.6 Å². The van der Waals surface area contributed by atoms with Crippen LogP contribution in [0.25, 0.3) is 0 Å². The Balaban J connectivity index is 2.14. The summed E-state index contributed by atoms with van der Waals surface area (Å²) in [4.78, 5) is 17.7. The molecular weight excluding hydrogens is 316 g/mol. The summed E-state index contributed by atoms with van der Waals surface area (Å²) in [6.07, 6.45) is 3.24. The fraction of sp³-hybridized carbons (Fsp3) is 0.294. The van der Waals surface area contributed by atoms with Crippen molar-refractivity contribution in [3.8, 4) is 11.5 Å². The zero-order valence-corrected chi connectivity index (χ0v) is 14.0. The Hall–Kier alpha value is -2.11. The minimum atomic E-state index is -0.960. The topological polar surface area (TPSA) is 62.7 Å². The molecule has 0 saturated carbocycles. The van der Waals surface area contributed by atoms with Gasteiger partial charge < -0.3 is 14.7 Å². The van der Waals surface area contributed by atoms with Crippen molar-refractivity contribution in [2.75, 3.05) is 13.6 Å². The summed E-state index contributed by atoms with van der Waals surface area (Å²) in [5.74, 6) is 0.851. The van der Waals surface area contributed by atoms with E-state index in [2.05, 4.69) is 4.98 Å². The number of aliphatic hydroxyl groups is 1. The first-order chi connectivity index (χ1) is 10.8. The number of hydrogen-bond acceptors (Lipinski definition) is 4. The highest BCUT2D eigenvalue weighted by Crippen LogP contribution is 2.30. The molecule has 1 heterocycles. The molecule has 6 heteroatoms. The van der Waals surface area contributed by atoms with Gasteiger partial charge in [-0.15, -0.1) is 0 Å². The minimum absolute atomic E-state index is 0.218. The van der Waals surface area contributed by atoms with Crippen molar-refractivity contribution in [1.82, 2.24) is 9.88 Å². The quantitative estimate of drug-likeness (QED) is 0.910. The summed E-state index contributed by atoms with van der Waals surface area (Å²) in [6, 6.07) is 8.28. The third kappa shape index (κ3) is 4.94. The average molecular weight is 335 g/mol. The van der Waals surface area contributed by atoms with E-state index >= 15 is 0 Å². The second-order valence-electron chi connectivity index (χ2n) is 5.90. The smallest absolute Gasteiger partial charge is 0.253 e. The van der Waals surface area contributed by atoms with Crippen molar-refractivity contribution in [2.24, 2.45) is 0 Å². The Labute approximate surface area is 140 Å². The van der Waals surface area contributed by atoms with Gasteiger partial charge in [-0.3, -0.25) is 9.78 Å². The van der Waals surface area contributed by atoms with Crippen LogP contribution in [-0.4, -0.2) is 40.1 Å². The normalized spacial score (nSPS) is 11.2. The summed E-state index contributed by atoms with van der Waals surface area (Å²) >= 11 is 6.20. The zero-order valence-electron chi connectivity index (χ0n) is 13.3. The number of aromatic nitrogens is 1. The predicted molar refractivity (Wildman–Crippen MR) is 89.0 cm³/mol. The van der Waals surface area contributed by atoms with Gasteiger partial charge in [0.05, 0.1) is 10.6 Å². The highest BCUT2D eigenvalue weighted by molar-refractivity contribution is 6.32. The molecule has 0 saturated heterocycles. The molecule has 23 heavy (non-hydrogen) atoms. The Morgan fingerprint density at radius 2 is 1.96 bits per heavy atom. The van der Waals surface area contributed by atoms with Gasteiger partial charge in [-0.2, -0.15) is 0 Å². The van der Waals surface area contributed by atoms with Crippen LogP contribution >= 0.6 is 11.6 Å².